The smallest absolute Gasteiger partial charge is 0.317 e. The van der Waals surface area contributed by atoms with Gasteiger partial charge in [-0.2, -0.15) is 0 Å². The lowest BCUT2D eigenvalue weighted by atomic mass is 10.0. The maximum Gasteiger partial charge on any atom is 0.317 e. The van der Waals surface area contributed by atoms with Crippen molar-refractivity contribution in [3.8, 4) is 0 Å². The number of hydrogen-bond acceptors (Lipinski definition) is 3. The van der Waals surface area contributed by atoms with Crippen molar-refractivity contribution >= 4 is 24.3 Å². The van der Waals surface area contributed by atoms with E-state index in [1.807, 2.05) is 35.2 Å². The molecule has 0 bridgehead atoms. The summed E-state index contributed by atoms with van der Waals surface area (Å²) in [4.78, 5) is 28.1. The van der Waals surface area contributed by atoms with Crippen LogP contribution in [0.25, 0.3) is 0 Å². The van der Waals surface area contributed by atoms with Crippen LogP contribution in [0.2, 0.25) is 0 Å². The Kier molecular flexibility index (Phi) is 9.06. The number of carbonyl (C=O) groups is 2. The maximum absolute atomic E-state index is 12.4. The van der Waals surface area contributed by atoms with Crippen molar-refractivity contribution in [1.29, 1.82) is 0 Å². The van der Waals surface area contributed by atoms with Gasteiger partial charge in [0, 0.05) is 45.7 Å². The highest BCUT2D eigenvalue weighted by Crippen LogP contribution is 2.28. The van der Waals surface area contributed by atoms with Crippen LogP contribution in [0.4, 0.5) is 4.79 Å². The zero-order valence-corrected chi connectivity index (χ0v) is 17.5. The van der Waals surface area contributed by atoms with Crippen LogP contribution in [0.3, 0.4) is 0 Å². The number of carbonyl (C=O) groups excluding carboxylic acids is 2. The first-order chi connectivity index (χ1) is 13.1. The molecule has 28 heavy (non-hydrogen) atoms. The van der Waals surface area contributed by atoms with Crippen molar-refractivity contribution < 1.29 is 9.59 Å². The lowest BCUT2D eigenvalue weighted by Gasteiger charge is -2.32. The molecule has 0 atom stereocenters. The Labute approximate surface area is 174 Å². The van der Waals surface area contributed by atoms with Crippen LogP contribution in [-0.2, 0) is 11.3 Å². The van der Waals surface area contributed by atoms with E-state index in [4.69, 9.17) is 0 Å². The van der Waals surface area contributed by atoms with Crippen LogP contribution >= 0.6 is 12.4 Å². The van der Waals surface area contributed by atoms with E-state index in [-0.39, 0.29) is 24.3 Å². The Morgan fingerprint density at radius 2 is 1.79 bits per heavy atom. The molecular weight excluding hydrogens is 376 g/mol. The first kappa shape index (κ1) is 22.5. The molecule has 1 aromatic rings. The number of nitrogens with zero attached hydrogens (tertiary/aromatic N) is 2. The summed E-state index contributed by atoms with van der Waals surface area (Å²) in [6.07, 6.45) is 5.17. The number of piperidine rings is 1. The summed E-state index contributed by atoms with van der Waals surface area (Å²) < 4.78 is 0. The van der Waals surface area contributed by atoms with Crippen molar-refractivity contribution in [2.75, 3.05) is 33.2 Å². The van der Waals surface area contributed by atoms with Crippen molar-refractivity contribution in [2.45, 2.75) is 44.7 Å². The van der Waals surface area contributed by atoms with Crippen molar-refractivity contribution in [3.63, 3.8) is 0 Å². The average molecular weight is 409 g/mol. The maximum atomic E-state index is 12.4. The van der Waals surface area contributed by atoms with Crippen LogP contribution in [0.1, 0.15) is 37.7 Å². The minimum Gasteiger partial charge on any atom is -0.343 e. The second kappa shape index (κ2) is 11.3. The Balaban J connectivity index is 0.00000280. The molecule has 3 amide bonds. The van der Waals surface area contributed by atoms with E-state index < -0.39 is 0 Å². The number of benzene rings is 1. The molecule has 156 valence electrons. The van der Waals surface area contributed by atoms with Crippen molar-refractivity contribution in [2.24, 2.45) is 5.92 Å². The molecule has 1 heterocycles. The molecule has 0 spiro atoms. The fourth-order valence-electron chi connectivity index (χ4n) is 3.49. The number of amides is 3. The lowest BCUT2D eigenvalue weighted by Crippen LogP contribution is -2.46. The monoisotopic (exact) mass is 408 g/mol. The second-order valence-electron chi connectivity index (χ2n) is 7.83. The molecule has 2 fully saturated rings. The topological polar surface area (TPSA) is 64.7 Å². The normalized spacial score (nSPS) is 17.0. The number of halogens is 1. The fraction of sp³-hybridized carbons (Fsp3) is 0.619. The minimum atomic E-state index is -0.144. The van der Waals surface area contributed by atoms with E-state index in [0.717, 1.165) is 44.0 Å². The zero-order valence-electron chi connectivity index (χ0n) is 16.7. The van der Waals surface area contributed by atoms with Gasteiger partial charge in [-0.15, -0.1) is 12.4 Å². The Hall–Kier alpha value is -1.79. The summed E-state index contributed by atoms with van der Waals surface area (Å²) in [5.41, 5.74) is 1.09. The second-order valence-corrected chi connectivity index (χ2v) is 7.83. The quantitative estimate of drug-likeness (QED) is 0.695. The van der Waals surface area contributed by atoms with E-state index in [9.17, 15) is 9.59 Å². The van der Waals surface area contributed by atoms with Crippen molar-refractivity contribution in [1.82, 2.24) is 20.4 Å². The van der Waals surface area contributed by atoms with Gasteiger partial charge in [0.25, 0.3) is 0 Å². The molecule has 6 nitrogen and oxygen atoms in total. The standard InChI is InChI=1S/C21H32N4O2.ClH/c1-24(16-18-5-3-2-4-6-18)21(27)22-12-9-20(26)25-13-10-19(11-14-25)23-15-17-7-8-17;/h2-6,17,19,23H,7-16H2,1H3,(H,22,27);1H. The van der Waals surface area contributed by atoms with Crippen LogP contribution in [-0.4, -0.2) is 61.0 Å². The Morgan fingerprint density at radius 3 is 2.43 bits per heavy atom. The molecule has 1 aliphatic carbocycles. The molecule has 2 aliphatic rings. The van der Waals surface area contributed by atoms with E-state index in [2.05, 4.69) is 10.6 Å². The van der Waals surface area contributed by atoms with Gasteiger partial charge in [-0.25, -0.2) is 4.79 Å². The Bertz CT molecular complexity index is 616. The summed E-state index contributed by atoms with van der Waals surface area (Å²) >= 11 is 0. The number of likely N-dealkylation sites (tertiary alicyclic amines) is 1. The third-order valence-corrected chi connectivity index (χ3v) is 5.46. The molecule has 1 aromatic carbocycles. The van der Waals surface area contributed by atoms with Gasteiger partial charge in [0.15, 0.2) is 0 Å². The van der Waals surface area contributed by atoms with Gasteiger partial charge < -0.3 is 20.4 Å². The van der Waals surface area contributed by atoms with Gasteiger partial charge in [0.1, 0.15) is 0 Å². The zero-order chi connectivity index (χ0) is 19.1. The SMILES string of the molecule is CN(Cc1ccccc1)C(=O)NCCC(=O)N1CCC(NCC2CC2)CC1.Cl. The highest BCUT2D eigenvalue weighted by molar-refractivity contribution is 5.85. The number of hydrogen-bond donors (Lipinski definition) is 2. The van der Waals surface area contributed by atoms with Crippen LogP contribution in [0.5, 0.6) is 0 Å². The predicted molar refractivity (Wildman–Crippen MR) is 114 cm³/mol. The fourth-order valence-corrected chi connectivity index (χ4v) is 3.49. The Morgan fingerprint density at radius 1 is 1.11 bits per heavy atom. The molecular formula is C21H33ClN4O2. The summed E-state index contributed by atoms with van der Waals surface area (Å²) in [5, 5.41) is 6.48. The van der Waals surface area contributed by atoms with Crippen LogP contribution in [0, 0.1) is 5.92 Å². The van der Waals surface area contributed by atoms with Gasteiger partial charge in [0.2, 0.25) is 5.91 Å². The van der Waals surface area contributed by atoms with Gasteiger partial charge in [-0.1, -0.05) is 30.3 Å². The molecule has 1 saturated heterocycles. The molecule has 3 rings (SSSR count). The van der Waals surface area contributed by atoms with Crippen LogP contribution < -0.4 is 10.6 Å². The number of nitrogens with one attached hydrogen (secondary N) is 2. The molecule has 7 heteroatoms. The third kappa shape index (κ3) is 7.32. The summed E-state index contributed by atoms with van der Waals surface area (Å²) in [5.74, 6) is 1.04. The van der Waals surface area contributed by atoms with E-state index in [1.54, 1.807) is 11.9 Å². The summed E-state index contributed by atoms with van der Waals surface area (Å²) in [6.45, 7) is 3.73. The van der Waals surface area contributed by atoms with E-state index in [0.29, 0.717) is 25.6 Å². The lowest BCUT2D eigenvalue weighted by molar-refractivity contribution is -0.132. The van der Waals surface area contributed by atoms with Crippen molar-refractivity contribution in [3.05, 3.63) is 35.9 Å². The molecule has 0 radical (unpaired) electrons. The highest BCUT2D eigenvalue weighted by Gasteiger charge is 2.25. The number of urea groups is 1. The molecule has 0 unspecified atom stereocenters. The predicted octanol–water partition coefficient (Wildman–Crippen LogP) is 2.63. The molecule has 1 saturated carbocycles. The van der Waals surface area contributed by atoms with Gasteiger partial charge in [-0.3, -0.25) is 4.79 Å². The van der Waals surface area contributed by atoms with Gasteiger partial charge in [-0.05, 0) is 43.7 Å². The molecule has 0 aromatic heterocycles. The molecule has 2 N–H and O–H groups in total. The first-order valence-electron chi connectivity index (χ1n) is 10.2. The average Bonchev–Trinajstić information content (AvgIpc) is 3.52. The molecule has 1 aliphatic heterocycles. The third-order valence-electron chi connectivity index (χ3n) is 5.46. The summed E-state index contributed by atoms with van der Waals surface area (Å²) in [6, 6.07) is 10.3. The van der Waals surface area contributed by atoms with E-state index >= 15 is 0 Å². The summed E-state index contributed by atoms with van der Waals surface area (Å²) in [7, 11) is 1.77. The largest absolute Gasteiger partial charge is 0.343 e. The van der Waals surface area contributed by atoms with Gasteiger partial charge in [0.05, 0.1) is 0 Å². The first-order valence-corrected chi connectivity index (χ1v) is 10.2. The minimum absolute atomic E-state index is 0. The van der Waals surface area contributed by atoms with Crippen LogP contribution in [0.15, 0.2) is 30.3 Å². The van der Waals surface area contributed by atoms with E-state index in [1.165, 1.54) is 12.8 Å². The van der Waals surface area contributed by atoms with Gasteiger partial charge >= 0.3 is 6.03 Å². The highest BCUT2D eigenvalue weighted by atomic mass is 35.5. The number of rotatable bonds is 8.